The van der Waals surface area contributed by atoms with Crippen molar-refractivity contribution in [3.63, 3.8) is 0 Å². The SMILES string of the molecule is Cc1nc(N2CC(C)C(F)(F)C2)ccc1C(O)c1cc(C(=O)O)n(C)n1. The van der Waals surface area contributed by atoms with E-state index in [0.29, 0.717) is 17.1 Å². The van der Waals surface area contributed by atoms with Crippen LogP contribution < -0.4 is 4.90 Å². The second kappa shape index (κ2) is 6.31. The number of aliphatic hydroxyl groups is 1. The fraction of sp³-hybridized carbons (Fsp3) is 0.471. The number of rotatable bonds is 4. The Hall–Kier alpha value is -2.55. The molecule has 1 aliphatic heterocycles. The topological polar surface area (TPSA) is 91.5 Å². The Bertz CT molecular complexity index is 853. The van der Waals surface area contributed by atoms with Gasteiger partial charge in [0.2, 0.25) is 0 Å². The molecule has 9 heteroatoms. The van der Waals surface area contributed by atoms with Crippen LogP contribution in [0.5, 0.6) is 0 Å². The number of carboxylic acids is 1. The molecular weight excluding hydrogens is 346 g/mol. The molecule has 2 aromatic rings. The monoisotopic (exact) mass is 366 g/mol. The van der Waals surface area contributed by atoms with Gasteiger partial charge in [0.05, 0.1) is 12.2 Å². The Kier molecular flexibility index (Phi) is 4.43. The fourth-order valence-electron chi connectivity index (χ4n) is 3.12. The van der Waals surface area contributed by atoms with Gasteiger partial charge in [-0.3, -0.25) is 4.68 Å². The number of carbonyl (C=O) groups is 1. The summed E-state index contributed by atoms with van der Waals surface area (Å²) in [6.45, 7) is 3.00. The first kappa shape index (κ1) is 18.2. The largest absolute Gasteiger partial charge is 0.477 e. The first-order chi connectivity index (χ1) is 12.1. The fourth-order valence-corrected chi connectivity index (χ4v) is 3.12. The molecule has 1 saturated heterocycles. The van der Waals surface area contributed by atoms with Crippen LogP contribution in [0.15, 0.2) is 18.2 Å². The van der Waals surface area contributed by atoms with Gasteiger partial charge in [0.25, 0.3) is 5.92 Å². The van der Waals surface area contributed by atoms with Gasteiger partial charge in [0.1, 0.15) is 17.6 Å². The minimum atomic E-state index is -2.75. The van der Waals surface area contributed by atoms with Gasteiger partial charge in [-0.25, -0.2) is 18.6 Å². The molecule has 1 fully saturated rings. The van der Waals surface area contributed by atoms with Crippen LogP contribution >= 0.6 is 0 Å². The zero-order chi connectivity index (χ0) is 19.2. The molecule has 2 atom stereocenters. The van der Waals surface area contributed by atoms with Crippen molar-refractivity contribution in [1.82, 2.24) is 14.8 Å². The van der Waals surface area contributed by atoms with E-state index in [1.807, 2.05) is 0 Å². The van der Waals surface area contributed by atoms with E-state index in [-0.39, 0.29) is 24.5 Å². The average Bonchev–Trinajstić information content (AvgIpc) is 3.07. The molecular formula is C17H20F2N4O3. The molecule has 3 rings (SSSR count). The number of aryl methyl sites for hydroxylation is 2. The zero-order valence-electron chi connectivity index (χ0n) is 14.6. The highest BCUT2D eigenvalue weighted by molar-refractivity contribution is 5.85. The number of anilines is 1. The van der Waals surface area contributed by atoms with E-state index >= 15 is 0 Å². The van der Waals surface area contributed by atoms with E-state index in [9.17, 15) is 18.7 Å². The molecule has 140 valence electrons. The molecule has 2 N–H and O–H groups in total. The molecule has 26 heavy (non-hydrogen) atoms. The summed E-state index contributed by atoms with van der Waals surface area (Å²) >= 11 is 0. The number of hydrogen-bond donors (Lipinski definition) is 2. The predicted molar refractivity (Wildman–Crippen MR) is 89.5 cm³/mol. The molecule has 2 aromatic heterocycles. The van der Waals surface area contributed by atoms with Gasteiger partial charge >= 0.3 is 5.97 Å². The van der Waals surface area contributed by atoms with Crippen molar-refractivity contribution in [1.29, 1.82) is 0 Å². The van der Waals surface area contributed by atoms with Crippen LogP contribution in [0.2, 0.25) is 0 Å². The van der Waals surface area contributed by atoms with E-state index in [0.717, 1.165) is 0 Å². The molecule has 2 unspecified atom stereocenters. The van der Waals surface area contributed by atoms with Gasteiger partial charge in [-0.15, -0.1) is 0 Å². The Morgan fingerprint density at radius 1 is 1.42 bits per heavy atom. The maximum Gasteiger partial charge on any atom is 0.354 e. The molecule has 0 saturated carbocycles. The minimum Gasteiger partial charge on any atom is -0.477 e. The molecule has 1 aliphatic rings. The normalized spacial score (nSPS) is 20.4. The van der Waals surface area contributed by atoms with E-state index in [4.69, 9.17) is 5.11 Å². The summed E-state index contributed by atoms with van der Waals surface area (Å²) < 4.78 is 28.7. The molecule has 0 aliphatic carbocycles. The molecule has 0 aromatic carbocycles. The number of carboxylic acid groups (broad SMARTS) is 1. The summed E-state index contributed by atoms with van der Waals surface area (Å²) in [5, 5.41) is 23.6. The van der Waals surface area contributed by atoms with E-state index in [2.05, 4.69) is 10.1 Å². The molecule has 0 spiro atoms. The third kappa shape index (κ3) is 3.14. The van der Waals surface area contributed by atoms with Crippen molar-refractivity contribution in [2.75, 3.05) is 18.0 Å². The van der Waals surface area contributed by atoms with Crippen LogP contribution in [0.25, 0.3) is 0 Å². The maximum absolute atomic E-state index is 13.7. The van der Waals surface area contributed by atoms with Gasteiger partial charge < -0.3 is 15.1 Å². The van der Waals surface area contributed by atoms with Gasteiger partial charge in [0, 0.05) is 30.8 Å². The molecule has 3 heterocycles. The van der Waals surface area contributed by atoms with Crippen LogP contribution in [0.4, 0.5) is 14.6 Å². The lowest BCUT2D eigenvalue weighted by molar-refractivity contribution is -0.0138. The third-order valence-corrected chi connectivity index (χ3v) is 4.75. The number of aromatic nitrogens is 3. The summed E-state index contributed by atoms with van der Waals surface area (Å²) in [5.41, 5.74) is 1.06. The van der Waals surface area contributed by atoms with Gasteiger partial charge in [-0.1, -0.05) is 13.0 Å². The van der Waals surface area contributed by atoms with Crippen molar-refractivity contribution in [2.45, 2.75) is 25.9 Å². The van der Waals surface area contributed by atoms with Crippen molar-refractivity contribution < 1.29 is 23.8 Å². The van der Waals surface area contributed by atoms with E-state index in [1.54, 1.807) is 19.1 Å². The van der Waals surface area contributed by atoms with E-state index < -0.39 is 23.9 Å². The second-order valence-corrected chi connectivity index (χ2v) is 6.67. The molecule has 0 amide bonds. The number of halogens is 2. The molecule has 0 bridgehead atoms. The second-order valence-electron chi connectivity index (χ2n) is 6.67. The highest BCUT2D eigenvalue weighted by atomic mass is 19.3. The summed E-state index contributed by atoms with van der Waals surface area (Å²) in [6, 6.07) is 4.49. The van der Waals surface area contributed by atoms with E-state index in [1.165, 1.54) is 29.6 Å². The number of aliphatic hydroxyl groups excluding tert-OH is 1. The number of aromatic carboxylic acids is 1. The Morgan fingerprint density at radius 3 is 2.62 bits per heavy atom. The van der Waals surface area contributed by atoms with Gasteiger partial charge in [-0.2, -0.15) is 5.10 Å². The number of hydrogen-bond acceptors (Lipinski definition) is 5. The lowest BCUT2D eigenvalue weighted by Gasteiger charge is -2.19. The minimum absolute atomic E-state index is 0.0467. The van der Waals surface area contributed by atoms with Crippen LogP contribution in [0, 0.1) is 12.8 Å². The Balaban J connectivity index is 1.86. The van der Waals surface area contributed by atoms with Crippen LogP contribution in [0.3, 0.4) is 0 Å². The van der Waals surface area contributed by atoms with Crippen molar-refractivity contribution in [3.05, 3.63) is 40.8 Å². The maximum atomic E-state index is 13.7. The predicted octanol–water partition coefficient (Wildman–Crippen LogP) is 1.99. The number of pyridine rings is 1. The molecule has 7 nitrogen and oxygen atoms in total. The summed E-state index contributed by atoms with van der Waals surface area (Å²) in [6.07, 6.45) is -1.16. The van der Waals surface area contributed by atoms with Gasteiger partial charge in [-0.05, 0) is 19.1 Å². The third-order valence-electron chi connectivity index (χ3n) is 4.75. The smallest absolute Gasteiger partial charge is 0.354 e. The first-order valence-electron chi connectivity index (χ1n) is 8.15. The Labute approximate surface area is 148 Å². The Morgan fingerprint density at radius 2 is 2.12 bits per heavy atom. The quantitative estimate of drug-likeness (QED) is 0.860. The number of nitrogens with zero attached hydrogens (tertiary/aromatic N) is 4. The van der Waals surface area contributed by atoms with Crippen molar-refractivity contribution >= 4 is 11.8 Å². The van der Waals surface area contributed by atoms with Gasteiger partial charge in [0.15, 0.2) is 0 Å². The first-order valence-corrected chi connectivity index (χ1v) is 8.15. The summed E-state index contributed by atoms with van der Waals surface area (Å²) in [4.78, 5) is 17.0. The lowest BCUT2D eigenvalue weighted by atomic mass is 10.0. The standard InChI is InChI=1S/C17H20F2N4O3/c1-9-7-23(8-17(9,18)19)14-5-4-11(10(2)20-14)15(24)12-6-13(16(25)26)22(3)21-12/h4-6,9,15,24H,7-8H2,1-3H3,(H,25,26). The van der Waals surface area contributed by atoms with Crippen LogP contribution in [0.1, 0.15) is 40.5 Å². The lowest BCUT2D eigenvalue weighted by Crippen LogP contribution is -2.27. The molecule has 0 radical (unpaired) electrons. The highest BCUT2D eigenvalue weighted by Gasteiger charge is 2.45. The average molecular weight is 366 g/mol. The highest BCUT2D eigenvalue weighted by Crippen LogP contribution is 2.35. The van der Waals surface area contributed by atoms with Crippen LogP contribution in [-0.2, 0) is 7.05 Å². The summed E-state index contributed by atoms with van der Waals surface area (Å²) in [5.74, 6) is -4.23. The van der Waals surface area contributed by atoms with Crippen LogP contribution in [-0.4, -0.2) is 50.0 Å². The summed E-state index contributed by atoms with van der Waals surface area (Å²) in [7, 11) is 1.47. The zero-order valence-corrected chi connectivity index (χ0v) is 14.6. The van der Waals surface area contributed by atoms with Crippen molar-refractivity contribution in [2.24, 2.45) is 13.0 Å². The number of alkyl halides is 2. The van der Waals surface area contributed by atoms with Crippen molar-refractivity contribution in [3.8, 4) is 0 Å².